The Kier molecular flexibility index (Phi) is 7.28. The summed E-state index contributed by atoms with van der Waals surface area (Å²) in [6, 6.07) is 5.33. The molecular weight excluding hydrogens is 464 g/mol. The van der Waals surface area contributed by atoms with Gasteiger partial charge in [0.15, 0.2) is 4.21 Å². The van der Waals surface area contributed by atoms with Crippen LogP contribution in [-0.4, -0.2) is 44.6 Å². The maximum atomic E-state index is 13.3. The Hall–Kier alpha value is -2.72. The summed E-state index contributed by atoms with van der Waals surface area (Å²) >= 11 is 0.931. The lowest BCUT2D eigenvalue weighted by Gasteiger charge is -2.27. The van der Waals surface area contributed by atoms with Gasteiger partial charge in [-0.05, 0) is 55.5 Å². The van der Waals surface area contributed by atoms with E-state index in [1.165, 1.54) is 12.0 Å². The van der Waals surface area contributed by atoms with Gasteiger partial charge in [-0.2, -0.15) is 0 Å². The molecule has 1 N–H and O–H groups in total. The zero-order valence-corrected chi connectivity index (χ0v) is 21.0. The van der Waals surface area contributed by atoms with Gasteiger partial charge < -0.3 is 9.64 Å². The van der Waals surface area contributed by atoms with Crippen LogP contribution >= 0.6 is 11.3 Å². The molecule has 1 aromatic carbocycles. The first-order valence-corrected chi connectivity index (χ1v) is 13.0. The van der Waals surface area contributed by atoms with Gasteiger partial charge in [0.25, 0.3) is 15.9 Å². The van der Waals surface area contributed by atoms with Gasteiger partial charge in [0.1, 0.15) is 0 Å². The van der Waals surface area contributed by atoms with Crippen molar-refractivity contribution in [2.75, 3.05) is 18.4 Å². The fraction of sp³-hybridized carbons (Fsp3) is 0.435. The van der Waals surface area contributed by atoms with E-state index in [2.05, 4.69) is 4.72 Å². The van der Waals surface area contributed by atoms with Crippen LogP contribution in [0.25, 0.3) is 0 Å². The van der Waals surface area contributed by atoms with Crippen molar-refractivity contribution < 1.29 is 27.5 Å². The Morgan fingerprint density at radius 2 is 1.82 bits per heavy atom. The number of fused-ring (bicyclic) bond motifs is 1. The van der Waals surface area contributed by atoms with Crippen LogP contribution in [0, 0.1) is 19.8 Å². The van der Waals surface area contributed by atoms with Crippen molar-refractivity contribution in [1.82, 2.24) is 4.90 Å². The third-order valence-corrected chi connectivity index (χ3v) is 8.81. The fourth-order valence-electron chi connectivity index (χ4n) is 3.84. The molecule has 0 saturated carbocycles. The van der Waals surface area contributed by atoms with E-state index in [0.717, 1.165) is 22.5 Å². The van der Waals surface area contributed by atoms with E-state index in [-0.39, 0.29) is 35.2 Å². The zero-order chi connectivity index (χ0) is 24.5. The summed E-state index contributed by atoms with van der Waals surface area (Å²) in [5.74, 6) is -2.18. The number of nitrogens with zero attached hydrogens (tertiary/aromatic N) is 1. The normalized spacial score (nSPS) is 14.4. The molecule has 0 saturated heterocycles. The van der Waals surface area contributed by atoms with Gasteiger partial charge in [-0.3, -0.25) is 14.3 Å². The molecule has 1 aromatic heterocycles. The minimum Gasteiger partial charge on any atom is -0.465 e. The number of aryl methyl sites for hydroxylation is 2. The van der Waals surface area contributed by atoms with Gasteiger partial charge in [0, 0.05) is 23.0 Å². The van der Waals surface area contributed by atoms with Crippen LogP contribution in [-0.2, 0) is 37.3 Å². The van der Waals surface area contributed by atoms with Crippen molar-refractivity contribution in [2.45, 2.75) is 51.3 Å². The number of rotatable bonds is 7. The highest BCUT2D eigenvalue weighted by Crippen LogP contribution is 2.37. The summed E-state index contributed by atoms with van der Waals surface area (Å²) in [4.78, 5) is 39.6. The van der Waals surface area contributed by atoms with Crippen molar-refractivity contribution in [1.29, 1.82) is 0 Å². The van der Waals surface area contributed by atoms with Crippen molar-refractivity contribution in [3.63, 3.8) is 0 Å². The Morgan fingerprint density at radius 3 is 2.39 bits per heavy atom. The largest absolute Gasteiger partial charge is 0.465 e. The van der Waals surface area contributed by atoms with Crippen LogP contribution in [0.15, 0.2) is 22.4 Å². The second kappa shape index (κ2) is 9.64. The van der Waals surface area contributed by atoms with Gasteiger partial charge in [0.2, 0.25) is 5.78 Å². The van der Waals surface area contributed by atoms with Gasteiger partial charge in [-0.15, -0.1) is 11.3 Å². The lowest BCUT2D eigenvalue weighted by atomic mass is 10.00. The molecule has 0 aliphatic carbocycles. The van der Waals surface area contributed by atoms with E-state index in [1.807, 2.05) is 26.8 Å². The molecule has 0 unspecified atom stereocenters. The van der Waals surface area contributed by atoms with Crippen molar-refractivity contribution in [2.24, 2.45) is 5.92 Å². The van der Waals surface area contributed by atoms with Gasteiger partial charge >= 0.3 is 5.97 Å². The first-order valence-electron chi connectivity index (χ1n) is 10.7. The first-order chi connectivity index (χ1) is 15.5. The number of nitrogens with one attached hydrogen (secondary N) is 1. The van der Waals surface area contributed by atoms with Crippen molar-refractivity contribution >= 4 is 44.7 Å². The molecule has 1 aliphatic heterocycles. The number of carbonyl (C=O) groups excluding carboxylic acids is 3. The summed E-state index contributed by atoms with van der Waals surface area (Å²) in [5.41, 5.74) is 2.73. The van der Waals surface area contributed by atoms with E-state index in [9.17, 15) is 22.8 Å². The average molecular weight is 493 g/mol. The zero-order valence-electron chi connectivity index (χ0n) is 19.4. The third kappa shape index (κ3) is 5.11. The molecule has 0 spiro atoms. The molecule has 2 aromatic rings. The maximum absolute atomic E-state index is 13.3. The highest BCUT2D eigenvalue weighted by atomic mass is 32.2. The van der Waals surface area contributed by atoms with E-state index in [0.29, 0.717) is 22.5 Å². The number of hydrogen-bond donors (Lipinski definition) is 1. The Morgan fingerprint density at radius 1 is 1.18 bits per heavy atom. The first kappa shape index (κ1) is 24.9. The Bertz CT molecular complexity index is 1200. The summed E-state index contributed by atoms with van der Waals surface area (Å²) < 4.78 is 33.9. The summed E-state index contributed by atoms with van der Waals surface area (Å²) in [5, 5.41) is 0. The molecule has 8 nitrogen and oxygen atoms in total. The molecule has 0 fully saturated rings. The van der Waals surface area contributed by atoms with Crippen LogP contribution in [0.1, 0.15) is 52.2 Å². The minimum atomic E-state index is -4.10. The smallest absolute Gasteiger partial charge is 0.340 e. The number of esters is 1. The molecule has 1 aliphatic rings. The number of methoxy groups -OCH3 is 1. The molecule has 33 heavy (non-hydrogen) atoms. The summed E-state index contributed by atoms with van der Waals surface area (Å²) in [6.45, 7) is 7.57. The van der Waals surface area contributed by atoms with Crippen LogP contribution < -0.4 is 4.72 Å². The number of carbonyl (C=O) groups is 3. The van der Waals surface area contributed by atoms with Gasteiger partial charge in [0.05, 0.1) is 19.2 Å². The second-order valence-electron chi connectivity index (χ2n) is 8.29. The number of amides is 1. The molecule has 1 amide bonds. The predicted octanol–water partition coefficient (Wildman–Crippen LogP) is 3.45. The van der Waals surface area contributed by atoms with E-state index in [4.69, 9.17) is 4.74 Å². The SMILES string of the molecule is CC[C@H](C)C(=O)C(=O)N1CCc2c(sc(S(=O)(=O)Nc3cc(C)cc(C)c3)c2C(=O)OC)C1. The average Bonchev–Trinajstić information content (AvgIpc) is 3.15. The van der Waals surface area contributed by atoms with E-state index >= 15 is 0 Å². The lowest BCUT2D eigenvalue weighted by molar-refractivity contribution is -0.147. The summed E-state index contributed by atoms with van der Waals surface area (Å²) in [6.07, 6.45) is 0.816. The maximum Gasteiger partial charge on any atom is 0.340 e. The fourth-order valence-corrected chi connectivity index (χ4v) is 6.78. The standard InChI is InChI=1S/C23H28N2O6S2/c1-6-15(4)20(26)21(27)25-8-7-17-18(12-25)32-23(19(17)22(28)31-5)33(29,30)24-16-10-13(2)9-14(3)11-16/h9-11,15,24H,6-8,12H2,1-5H3/t15-/m0/s1. The van der Waals surface area contributed by atoms with Crippen LogP contribution in [0.5, 0.6) is 0 Å². The number of ether oxygens (including phenoxy) is 1. The molecule has 2 heterocycles. The Labute approximate surface area is 198 Å². The highest BCUT2D eigenvalue weighted by Gasteiger charge is 2.36. The summed E-state index contributed by atoms with van der Waals surface area (Å²) in [7, 11) is -2.90. The van der Waals surface area contributed by atoms with E-state index in [1.54, 1.807) is 19.1 Å². The number of anilines is 1. The molecule has 3 rings (SSSR count). The number of sulfonamides is 1. The van der Waals surface area contributed by atoms with Crippen molar-refractivity contribution in [3.8, 4) is 0 Å². The molecule has 0 bridgehead atoms. The molecular formula is C23H28N2O6S2. The monoisotopic (exact) mass is 492 g/mol. The van der Waals surface area contributed by atoms with Crippen LogP contribution in [0.4, 0.5) is 5.69 Å². The highest BCUT2D eigenvalue weighted by molar-refractivity contribution is 7.94. The van der Waals surface area contributed by atoms with Crippen LogP contribution in [0.2, 0.25) is 0 Å². The number of thiophene rings is 1. The quantitative estimate of drug-likeness (QED) is 0.468. The molecule has 10 heteroatoms. The third-order valence-electron chi connectivity index (χ3n) is 5.69. The van der Waals surface area contributed by atoms with E-state index < -0.39 is 27.7 Å². The number of ketones is 1. The molecule has 178 valence electrons. The Balaban J connectivity index is 1.99. The van der Waals surface area contributed by atoms with Crippen molar-refractivity contribution in [3.05, 3.63) is 45.3 Å². The van der Waals surface area contributed by atoms with Gasteiger partial charge in [-0.1, -0.05) is 19.9 Å². The number of hydrogen-bond acceptors (Lipinski definition) is 7. The topological polar surface area (TPSA) is 110 Å². The molecule has 0 radical (unpaired) electrons. The minimum absolute atomic E-state index is 0.00488. The molecule has 1 atom stereocenters. The van der Waals surface area contributed by atoms with Gasteiger partial charge in [-0.25, -0.2) is 13.2 Å². The second-order valence-corrected chi connectivity index (χ2v) is 11.3. The number of Topliss-reactive ketones (excluding diaryl/α,β-unsaturated/α-hetero) is 1. The predicted molar refractivity (Wildman–Crippen MR) is 126 cm³/mol. The lowest BCUT2D eigenvalue weighted by Crippen LogP contribution is -2.41. The van der Waals surface area contributed by atoms with Crippen LogP contribution in [0.3, 0.4) is 0 Å². The number of benzene rings is 1.